The van der Waals surface area contributed by atoms with E-state index < -0.39 is 5.97 Å². The van der Waals surface area contributed by atoms with Gasteiger partial charge in [0.15, 0.2) is 0 Å². The molecule has 0 radical (unpaired) electrons. The Kier molecular flexibility index (Phi) is 12.2. The second-order valence-electron chi connectivity index (χ2n) is 3.95. The fraction of sp³-hybridized carbons (Fsp3) is 0.727. The van der Waals surface area contributed by atoms with Gasteiger partial charge in [0.25, 0.3) is 0 Å². The Morgan fingerprint density at radius 1 is 1.53 bits per heavy atom. The van der Waals surface area contributed by atoms with Crippen LogP contribution in [0.5, 0.6) is 0 Å². The lowest BCUT2D eigenvalue weighted by Gasteiger charge is -2.21. The number of hydrogen-bond donors (Lipinski definition) is 1. The third kappa shape index (κ3) is 9.41. The average Bonchev–Trinajstić information content (AvgIpc) is 2.23. The van der Waals surface area contributed by atoms with Crippen LogP contribution in [0.4, 0.5) is 0 Å². The van der Waals surface area contributed by atoms with Crippen LogP contribution in [0.25, 0.3) is 0 Å². The number of esters is 1. The minimum atomic E-state index is -0.403. The number of aliphatic hydroxyl groups is 1. The molecule has 0 rings (SSSR count). The molecule has 1 atom stereocenters. The molecule has 0 bridgehead atoms. The molecule has 0 heterocycles. The number of aliphatic hydroxyl groups excluding tert-OH is 1. The number of likely N-dealkylation sites (N-methyl/N-ethyl adjacent to an activating group) is 1. The first-order chi connectivity index (χ1) is 7.51. The summed E-state index contributed by atoms with van der Waals surface area (Å²) in [5.74, 6) is -0.403. The zero-order valence-corrected chi connectivity index (χ0v) is 12.1. The fourth-order valence-electron chi connectivity index (χ4n) is 1.20. The molecular formula is C11H21Cl2NO3. The van der Waals surface area contributed by atoms with Crippen molar-refractivity contribution in [1.29, 1.82) is 0 Å². The van der Waals surface area contributed by atoms with Gasteiger partial charge in [-0.25, -0.2) is 4.79 Å². The predicted octanol–water partition coefficient (Wildman–Crippen LogP) is 1.80. The SMILES string of the molecule is CC(=CCl)C(=O)OC(CCCO)CN(C)C.Cl. The number of hydrogen-bond acceptors (Lipinski definition) is 4. The van der Waals surface area contributed by atoms with Gasteiger partial charge in [-0.3, -0.25) is 0 Å². The summed E-state index contributed by atoms with van der Waals surface area (Å²) >= 11 is 5.43. The van der Waals surface area contributed by atoms with E-state index in [1.54, 1.807) is 6.92 Å². The number of carbonyl (C=O) groups excluding carboxylic acids is 1. The molecule has 1 N–H and O–H groups in total. The quantitative estimate of drug-likeness (QED) is 0.572. The normalized spacial score (nSPS) is 13.2. The van der Waals surface area contributed by atoms with Gasteiger partial charge in [-0.2, -0.15) is 0 Å². The summed E-state index contributed by atoms with van der Waals surface area (Å²) in [6.07, 6.45) is 1.06. The summed E-state index contributed by atoms with van der Waals surface area (Å²) in [6, 6.07) is 0. The van der Waals surface area contributed by atoms with Crippen LogP contribution in [0, 0.1) is 0 Å². The second-order valence-corrected chi connectivity index (χ2v) is 4.17. The van der Waals surface area contributed by atoms with Crippen LogP contribution in [0.3, 0.4) is 0 Å². The Hall–Kier alpha value is -0.290. The minimum Gasteiger partial charge on any atom is -0.458 e. The summed E-state index contributed by atoms with van der Waals surface area (Å²) in [5, 5.41) is 8.75. The van der Waals surface area contributed by atoms with Gasteiger partial charge in [0.2, 0.25) is 0 Å². The van der Waals surface area contributed by atoms with Crippen LogP contribution in [0.15, 0.2) is 11.1 Å². The number of halogens is 2. The first-order valence-corrected chi connectivity index (χ1v) is 5.68. The third-order valence-corrected chi connectivity index (χ3v) is 2.34. The van der Waals surface area contributed by atoms with E-state index in [0.717, 1.165) is 0 Å². The lowest BCUT2D eigenvalue weighted by Crippen LogP contribution is -2.30. The van der Waals surface area contributed by atoms with Gasteiger partial charge in [0, 0.05) is 24.3 Å². The van der Waals surface area contributed by atoms with Crippen molar-refractivity contribution in [2.75, 3.05) is 27.2 Å². The van der Waals surface area contributed by atoms with E-state index >= 15 is 0 Å². The van der Waals surface area contributed by atoms with Crippen LogP contribution in [0.1, 0.15) is 19.8 Å². The molecule has 0 aliphatic carbocycles. The Morgan fingerprint density at radius 2 is 2.12 bits per heavy atom. The van der Waals surface area contributed by atoms with Crippen molar-refractivity contribution >= 4 is 30.0 Å². The highest BCUT2D eigenvalue weighted by molar-refractivity contribution is 6.27. The molecule has 1 unspecified atom stereocenters. The predicted molar refractivity (Wildman–Crippen MR) is 71.6 cm³/mol. The Morgan fingerprint density at radius 3 is 2.53 bits per heavy atom. The zero-order valence-electron chi connectivity index (χ0n) is 10.5. The summed E-state index contributed by atoms with van der Waals surface area (Å²) in [6.45, 7) is 2.35. The zero-order chi connectivity index (χ0) is 12.6. The standard InChI is InChI=1S/C11H20ClNO3.ClH/c1-9(7-12)11(15)16-10(5-4-6-14)8-13(2)3;/h7,10,14H,4-6,8H2,1-3H3;1H. The maximum Gasteiger partial charge on any atom is 0.334 e. The smallest absolute Gasteiger partial charge is 0.334 e. The highest BCUT2D eigenvalue weighted by Crippen LogP contribution is 2.08. The van der Waals surface area contributed by atoms with E-state index in [0.29, 0.717) is 25.0 Å². The molecule has 0 aliphatic heterocycles. The van der Waals surface area contributed by atoms with Crippen molar-refractivity contribution in [1.82, 2.24) is 4.90 Å². The molecule has 0 aromatic rings. The molecule has 0 spiro atoms. The van der Waals surface area contributed by atoms with Gasteiger partial charge in [-0.1, -0.05) is 11.6 Å². The molecule has 0 aromatic heterocycles. The van der Waals surface area contributed by atoms with E-state index in [1.807, 2.05) is 19.0 Å². The van der Waals surface area contributed by atoms with Crippen molar-refractivity contribution in [3.63, 3.8) is 0 Å². The Balaban J connectivity index is 0. The summed E-state index contributed by atoms with van der Waals surface area (Å²) in [7, 11) is 3.81. The monoisotopic (exact) mass is 285 g/mol. The molecule has 0 saturated heterocycles. The maximum atomic E-state index is 11.5. The third-order valence-electron chi connectivity index (χ3n) is 2.01. The van der Waals surface area contributed by atoms with E-state index in [2.05, 4.69) is 0 Å². The highest BCUT2D eigenvalue weighted by atomic mass is 35.5. The number of rotatable bonds is 7. The van der Waals surface area contributed by atoms with Crippen LogP contribution in [0.2, 0.25) is 0 Å². The molecule has 4 nitrogen and oxygen atoms in total. The first kappa shape index (κ1) is 19.1. The van der Waals surface area contributed by atoms with Gasteiger partial charge in [0.05, 0.1) is 0 Å². The highest BCUT2D eigenvalue weighted by Gasteiger charge is 2.16. The van der Waals surface area contributed by atoms with Gasteiger partial charge in [-0.15, -0.1) is 12.4 Å². The lowest BCUT2D eigenvalue weighted by atomic mass is 10.2. The van der Waals surface area contributed by atoms with E-state index in [4.69, 9.17) is 21.4 Å². The van der Waals surface area contributed by atoms with E-state index in [9.17, 15) is 4.79 Å². The molecule has 0 amide bonds. The minimum absolute atomic E-state index is 0. The van der Waals surface area contributed by atoms with Crippen molar-refractivity contribution in [2.45, 2.75) is 25.9 Å². The molecule has 0 saturated carbocycles. The van der Waals surface area contributed by atoms with Crippen LogP contribution < -0.4 is 0 Å². The summed E-state index contributed by atoms with van der Waals surface area (Å²) < 4.78 is 5.27. The Bertz CT molecular complexity index is 245. The number of ether oxygens (including phenoxy) is 1. The second kappa shape index (κ2) is 10.8. The van der Waals surface area contributed by atoms with E-state index in [1.165, 1.54) is 5.54 Å². The van der Waals surface area contributed by atoms with Crippen molar-refractivity contribution < 1.29 is 14.6 Å². The van der Waals surface area contributed by atoms with Gasteiger partial charge < -0.3 is 14.7 Å². The lowest BCUT2D eigenvalue weighted by molar-refractivity contribution is -0.145. The van der Waals surface area contributed by atoms with E-state index in [-0.39, 0.29) is 25.1 Å². The molecule has 0 fully saturated rings. The fourth-order valence-corrected chi connectivity index (χ4v) is 1.29. The van der Waals surface area contributed by atoms with Crippen LogP contribution >= 0.6 is 24.0 Å². The maximum absolute atomic E-state index is 11.5. The van der Waals surface area contributed by atoms with Crippen LogP contribution in [-0.2, 0) is 9.53 Å². The summed E-state index contributed by atoms with van der Waals surface area (Å²) in [5.41, 5.74) is 1.59. The van der Waals surface area contributed by atoms with Gasteiger partial charge >= 0.3 is 5.97 Å². The van der Waals surface area contributed by atoms with Crippen molar-refractivity contribution in [3.8, 4) is 0 Å². The Labute approximate surface area is 114 Å². The average molecular weight is 286 g/mol. The molecule has 0 aromatic carbocycles. The molecule has 102 valence electrons. The molecule has 6 heteroatoms. The molecule has 0 aliphatic rings. The van der Waals surface area contributed by atoms with Crippen LogP contribution in [-0.4, -0.2) is 49.3 Å². The topological polar surface area (TPSA) is 49.8 Å². The molecule has 17 heavy (non-hydrogen) atoms. The number of carbonyl (C=O) groups is 1. The largest absolute Gasteiger partial charge is 0.458 e. The van der Waals surface area contributed by atoms with Crippen molar-refractivity contribution in [2.24, 2.45) is 0 Å². The van der Waals surface area contributed by atoms with Crippen molar-refractivity contribution in [3.05, 3.63) is 11.1 Å². The van der Waals surface area contributed by atoms with Gasteiger partial charge in [-0.05, 0) is 33.9 Å². The number of nitrogens with zero attached hydrogens (tertiary/aromatic N) is 1. The summed E-state index contributed by atoms with van der Waals surface area (Å²) in [4.78, 5) is 13.4. The molecular weight excluding hydrogens is 265 g/mol. The first-order valence-electron chi connectivity index (χ1n) is 5.24. The van der Waals surface area contributed by atoms with Gasteiger partial charge in [0.1, 0.15) is 6.10 Å².